The van der Waals surface area contributed by atoms with Crippen molar-refractivity contribution in [2.24, 2.45) is 0 Å². The predicted octanol–water partition coefficient (Wildman–Crippen LogP) is 5.09. The summed E-state index contributed by atoms with van der Waals surface area (Å²) in [5.74, 6) is -0.371. The van der Waals surface area contributed by atoms with Crippen LogP contribution in [0.1, 0.15) is 25.0 Å². The molecule has 1 N–H and O–H groups in total. The normalized spacial score (nSPS) is 11.8. The van der Waals surface area contributed by atoms with Gasteiger partial charge in [-0.2, -0.15) is 0 Å². The van der Waals surface area contributed by atoms with Crippen LogP contribution in [-0.4, -0.2) is 26.4 Å². The summed E-state index contributed by atoms with van der Waals surface area (Å²) in [5.41, 5.74) is 1.93. The van der Waals surface area contributed by atoms with Crippen LogP contribution in [-0.2, 0) is 21.2 Å². The Hall–Kier alpha value is -2.64. The Morgan fingerprint density at radius 1 is 0.938 bits per heavy atom. The highest BCUT2D eigenvalue weighted by Crippen LogP contribution is 2.25. The first-order valence-electron chi connectivity index (χ1n) is 10.3. The van der Waals surface area contributed by atoms with Crippen LogP contribution in [0.5, 0.6) is 0 Å². The number of halogens is 1. The fourth-order valence-electron chi connectivity index (χ4n) is 3.46. The number of nitrogens with zero attached hydrogens (tertiary/aromatic N) is 1. The molecule has 0 radical (unpaired) electrons. The van der Waals surface area contributed by atoms with Crippen molar-refractivity contribution in [2.45, 2.75) is 37.6 Å². The number of hydrogen-bond donors (Lipinski definition) is 1. The number of nitrogens with one attached hydrogen (secondary N) is 1. The number of hydrogen-bond acceptors (Lipinski definition) is 3. The van der Waals surface area contributed by atoms with E-state index in [1.807, 2.05) is 51.1 Å². The van der Waals surface area contributed by atoms with Crippen molar-refractivity contribution in [1.82, 2.24) is 5.32 Å². The Balaban J connectivity index is 1.86. The van der Waals surface area contributed by atoms with Crippen molar-refractivity contribution in [1.29, 1.82) is 0 Å². The van der Waals surface area contributed by atoms with Crippen molar-refractivity contribution in [3.63, 3.8) is 0 Å². The average molecular weight is 515 g/mol. The summed E-state index contributed by atoms with van der Waals surface area (Å²) in [7, 11) is -3.94. The van der Waals surface area contributed by atoms with Crippen molar-refractivity contribution in [2.75, 3.05) is 10.8 Å². The largest absolute Gasteiger partial charge is 0.349 e. The van der Waals surface area contributed by atoms with Gasteiger partial charge in [0.15, 0.2) is 0 Å². The first-order chi connectivity index (χ1) is 15.1. The Labute approximate surface area is 198 Å². The third-order valence-electron chi connectivity index (χ3n) is 4.98. The number of amides is 1. The molecule has 0 saturated heterocycles. The number of anilines is 1. The van der Waals surface area contributed by atoms with Gasteiger partial charge in [0.05, 0.1) is 10.6 Å². The smallest absolute Gasteiger partial charge is 0.264 e. The number of benzene rings is 3. The van der Waals surface area contributed by atoms with E-state index >= 15 is 0 Å². The SMILES string of the molecule is Cc1ccc(S(=O)(=O)N(CC(=O)NC(C)(C)Cc2ccccc2)c2ccc(Br)cc2)cc1. The van der Waals surface area contributed by atoms with Crippen molar-refractivity contribution >= 4 is 37.5 Å². The minimum Gasteiger partial charge on any atom is -0.349 e. The van der Waals surface area contributed by atoms with E-state index in [0.29, 0.717) is 12.1 Å². The van der Waals surface area contributed by atoms with Gasteiger partial charge in [-0.3, -0.25) is 9.10 Å². The zero-order valence-corrected chi connectivity index (χ0v) is 20.8. The molecule has 168 valence electrons. The zero-order valence-electron chi connectivity index (χ0n) is 18.4. The molecule has 3 rings (SSSR count). The van der Waals surface area contributed by atoms with Crippen molar-refractivity contribution in [3.05, 3.63) is 94.5 Å². The average Bonchev–Trinajstić information content (AvgIpc) is 2.73. The van der Waals surface area contributed by atoms with E-state index in [-0.39, 0.29) is 17.3 Å². The topological polar surface area (TPSA) is 66.5 Å². The van der Waals surface area contributed by atoms with Crippen LogP contribution >= 0.6 is 15.9 Å². The first kappa shape index (κ1) is 24.0. The van der Waals surface area contributed by atoms with Gasteiger partial charge in [-0.1, -0.05) is 64.0 Å². The van der Waals surface area contributed by atoms with Gasteiger partial charge in [-0.15, -0.1) is 0 Å². The molecule has 0 aliphatic carbocycles. The second-order valence-corrected chi connectivity index (χ2v) is 11.2. The highest BCUT2D eigenvalue weighted by Gasteiger charge is 2.29. The molecule has 0 fully saturated rings. The third-order valence-corrected chi connectivity index (χ3v) is 7.29. The van der Waals surface area contributed by atoms with Crippen LogP contribution < -0.4 is 9.62 Å². The van der Waals surface area contributed by atoms with E-state index in [1.54, 1.807) is 48.5 Å². The summed E-state index contributed by atoms with van der Waals surface area (Å²) < 4.78 is 28.9. The number of aryl methyl sites for hydroxylation is 1. The summed E-state index contributed by atoms with van der Waals surface area (Å²) in [4.78, 5) is 13.1. The summed E-state index contributed by atoms with van der Waals surface area (Å²) in [6, 6.07) is 23.3. The lowest BCUT2D eigenvalue weighted by Gasteiger charge is -2.29. The molecule has 3 aromatic carbocycles. The summed E-state index contributed by atoms with van der Waals surface area (Å²) >= 11 is 3.37. The Morgan fingerprint density at radius 3 is 2.12 bits per heavy atom. The second-order valence-electron chi connectivity index (χ2n) is 8.40. The van der Waals surface area contributed by atoms with E-state index in [2.05, 4.69) is 21.2 Å². The monoisotopic (exact) mass is 514 g/mol. The predicted molar refractivity (Wildman–Crippen MR) is 132 cm³/mol. The lowest BCUT2D eigenvalue weighted by atomic mass is 9.95. The van der Waals surface area contributed by atoms with Crippen LogP contribution in [0.2, 0.25) is 0 Å². The van der Waals surface area contributed by atoms with Crippen LogP contribution in [0, 0.1) is 6.92 Å². The molecule has 0 heterocycles. The van der Waals surface area contributed by atoms with Gasteiger partial charge in [0, 0.05) is 10.0 Å². The highest BCUT2D eigenvalue weighted by atomic mass is 79.9. The molecule has 0 aliphatic heterocycles. The number of rotatable bonds is 8. The quantitative estimate of drug-likeness (QED) is 0.455. The number of sulfonamides is 1. The van der Waals surface area contributed by atoms with E-state index in [0.717, 1.165) is 19.9 Å². The Morgan fingerprint density at radius 2 is 1.53 bits per heavy atom. The van der Waals surface area contributed by atoms with E-state index in [1.165, 1.54) is 0 Å². The molecule has 0 aliphatic rings. The molecule has 0 aromatic heterocycles. The maximum absolute atomic E-state index is 13.5. The van der Waals surface area contributed by atoms with Gasteiger partial charge in [0.25, 0.3) is 10.0 Å². The summed E-state index contributed by atoms with van der Waals surface area (Å²) in [6.07, 6.45) is 0.628. The summed E-state index contributed by atoms with van der Waals surface area (Å²) in [6.45, 7) is 5.42. The molecule has 1 amide bonds. The van der Waals surface area contributed by atoms with Crippen LogP contribution in [0.25, 0.3) is 0 Å². The fourth-order valence-corrected chi connectivity index (χ4v) is 5.14. The van der Waals surface area contributed by atoms with Gasteiger partial charge in [0.1, 0.15) is 6.54 Å². The standard InChI is InChI=1S/C25H27BrN2O3S/c1-19-9-15-23(16-10-19)32(30,31)28(22-13-11-21(26)12-14-22)18-24(29)27-25(2,3)17-20-7-5-4-6-8-20/h4-16H,17-18H2,1-3H3,(H,27,29). The van der Waals surface area contributed by atoms with Gasteiger partial charge < -0.3 is 5.32 Å². The molecule has 5 nitrogen and oxygen atoms in total. The van der Waals surface area contributed by atoms with E-state index in [9.17, 15) is 13.2 Å². The molecule has 3 aromatic rings. The minimum atomic E-state index is -3.94. The van der Waals surface area contributed by atoms with Gasteiger partial charge in [0.2, 0.25) is 5.91 Å². The third kappa shape index (κ3) is 6.20. The number of carbonyl (C=O) groups is 1. The Bertz CT molecular complexity index is 1160. The molecular weight excluding hydrogens is 488 g/mol. The molecule has 0 unspecified atom stereocenters. The van der Waals surface area contributed by atoms with E-state index in [4.69, 9.17) is 0 Å². The van der Waals surface area contributed by atoms with Gasteiger partial charge >= 0.3 is 0 Å². The molecule has 32 heavy (non-hydrogen) atoms. The molecule has 0 saturated carbocycles. The van der Waals surface area contributed by atoms with Gasteiger partial charge in [-0.05, 0) is 69.2 Å². The maximum Gasteiger partial charge on any atom is 0.264 e. The van der Waals surface area contributed by atoms with Crippen LogP contribution in [0.3, 0.4) is 0 Å². The zero-order chi connectivity index (χ0) is 23.4. The fraction of sp³-hybridized carbons (Fsp3) is 0.240. The van der Waals surface area contributed by atoms with Crippen LogP contribution in [0.15, 0.2) is 88.2 Å². The molecule has 0 spiro atoms. The lowest BCUT2D eigenvalue weighted by Crippen LogP contribution is -2.50. The summed E-state index contributed by atoms with van der Waals surface area (Å²) in [5, 5.41) is 2.99. The first-order valence-corrected chi connectivity index (χ1v) is 12.5. The lowest BCUT2D eigenvalue weighted by molar-refractivity contribution is -0.121. The second kappa shape index (κ2) is 9.88. The minimum absolute atomic E-state index is 0.141. The molecule has 0 atom stereocenters. The number of carbonyl (C=O) groups excluding carboxylic acids is 1. The van der Waals surface area contributed by atoms with Crippen molar-refractivity contribution in [3.8, 4) is 0 Å². The molecular formula is C25H27BrN2O3S. The highest BCUT2D eigenvalue weighted by molar-refractivity contribution is 9.10. The van der Waals surface area contributed by atoms with Gasteiger partial charge in [-0.25, -0.2) is 8.42 Å². The van der Waals surface area contributed by atoms with E-state index < -0.39 is 15.6 Å². The Kier molecular flexibility index (Phi) is 7.41. The molecule has 7 heteroatoms. The maximum atomic E-state index is 13.5. The van der Waals surface area contributed by atoms with Crippen LogP contribution in [0.4, 0.5) is 5.69 Å². The molecule has 0 bridgehead atoms. The van der Waals surface area contributed by atoms with Crippen molar-refractivity contribution < 1.29 is 13.2 Å².